The Morgan fingerprint density at radius 3 is 2.50 bits per heavy atom. The third-order valence-corrected chi connectivity index (χ3v) is 9.49. The standard InChI is InChI=1S/C20H16BrCl2FN2O2S2/c21-13-2-4-19(16(23)10-13)30(27,28)14-5-7-26(8-6-14)20-25-18(11-29-20)12-1-3-17(24)15(22)9-12/h1-4,9-11,14H,5-8H2. The molecule has 3 aromatic rings. The lowest BCUT2D eigenvalue weighted by atomic mass is 10.1. The van der Waals surface area contributed by atoms with Gasteiger partial charge in [-0.3, -0.25) is 0 Å². The van der Waals surface area contributed by atoms with E-state index in [-0.39, 0.29) is 14.9 Å². The highest BCUT2D eigenvalue weighted by Gasteiger charge is 2.33. The number of hydrogen-bond acceptors (Lipinski definition) is 5. The maximum Gasteiger partial charge on any atom is 0.185 e. The first kappa shape index (κ1) is 22.0. The van der Waals surface area contributed by atoms with Gasteiger partial charge in [0.05, 0.1) is 25.9 Å². The lowest BCUT2D eigenvalue weighted by Crippen LogP contribution is -2.39. The average Bonchev–Trinajstić information content (AvgIpc) is 3.20. The Hall–Kier alpha value is -1.19. The number of benzene rings is 2. The first-order valence-electron chi connectivity index (χ1n) is 9.10. The third-order valence-electron chi connectivity index (χ3n) is 5.06. The van der Waals surface area contributed by atoms with Crippen LogP contribution in [-0.4, -0.2) is 31.7 Å². The summed E-state index contributed by atoms with van der Waals surface area (Å²) in [6.07, 6.45) is 0.984. The van der Waals surface area contributed by atoms with Crippen molar-refractivity contribution >= 4 is 65.4 Å². The SMILES string of the molecule is O=S(=O)(c1ccc(Br)cc1Cl)C1CCN(c2nc(-c3ccc(F)c(Cl)c3)cs2)CC1. The third kappa shape index (κ3) is 4.39. The number of halogens is 4. The largest absolute Gasteiger partial charge is 0.348 e. The van der Waals surface area contributed by atoms with Crippen LogP contribution in [0.4, 0.5) is 9.52 Å². The van der Waals surface area contributed by atoms with Crippen molar-refractivity contribution in [2.45, 2.75) is 23.0 Å². The number of aromatic nitrogens is 1. The Morgan fingerprint density at radius 1 is 1.10 bits per heavy atom. The Bertz CT molecular complexity index is 1200. The summed E-state index contributed by atoms with van der Waals surface area (Å²) in [5.41, 5.74) is 1.46. The van der Waals surface area contributed by atoms with Crippen LogP contribution in [0.1, 0.15) is 12.8 Å². The van der Waals surface area contributed by atoms with Crippen molar-refractivity contribution in [3.05, 3.63) is 62.1 Å². The number of thiazole rings is 1. The maximum atomic E-state index is 13.4. The Labute approximate surface area is 196 Å². The van der Waals surface area contributed by atoms with Gasteiger partial charge in [-0.05, 0) is 49.2 Å². The zero-order chi connectivity index (χ0) is 21.5. The summed E-state index contributed by atoms with van der Waals surface area (Å²) in [5, 5.41) is 2.50. The molecule has 2 heterocycles. The van der Waals surface area contributed by atoms with Crippen molar-refractivity contribution < 1.29 is 12.8 Å². The fraction of sp³-hybridized carbons (Fsp3) is 0.250. The van der Waals surface area contributed by atoms with Gasteiger partial charge in [0.2, 0.25) is 0 Å². The summed E-state index contributed by atoms with van der Waals surface area (Å²) in [7, 11) is -3.51. The normalized spacial score (nSPS) is 15.5. The van der Waals surface area contributed by atoms with Crippen LogP contribution in [0.15, 0.2) is 51.1 Å². The molecule has 0 aliphatic carbocycles. The molecule has 30 heavy (non-hydrogen) atoms. The molecular formula is C20H16BrCl2FN2O2S2. The fourth-order valence-corrected chi connectivity index (χ4v) is 7.28. The molecule has 0 N–H and O–H groups in total. The van der Waals surface area contributed by atoms with E-state index in [0.29, 0.717) is 31.6 Å². The number of piperidine rings is 1. The van der Waals surface area contributed by atoms with Gasteiger partial charge in [0.15, 0.2) is 15.0 Å². The van der Waals surface area contributed by atoms with Crippen molar-refractivity contribution in [3.63, 3.8) is 0 Å². The van der Waals surface area contributed by atoms with Crippen LogP contribution in [0, 0.1) is 5.82 Å². The second kappa shape index (κ2) is 8.74. The van der Waals surface area contributed by atoms with Gasteiger partial charge in [0.1, 0.15) is 5.82 Å². The molecule has 10 heteroatoms. The molecule has 0 spiro atoms. The van der Waals surface area contributed by atoms with Gasteiger partial charge >= 0.3 is 0 Å². The summed E-state index contributed by atoms with van der Waals surface area (Å²) < 4.78 is 40.2. The van der Waals surface area contributed by atoms with Crippen LogP contribution in [0.5, 0.6) is 0 Å². The van der Waals surface area contributed by atoms with Crippen LogP contribution >= 0.6 is 50.5 Å². The molecule has 0 unspecified atom stereocenters. The van der Waals surface area contributed by atoms with Crippen LogP contribution in [-0.2, 0) is 9.84 Å². The van der Waals surface area contributed by atoms with Gasteiger partial charge < -0.3 is 4.90 Å². The zero-order valence-corrected chi connectivity index (χ0v) is 20.2. The Kier molecular flexibility index (Phi) is 6.42. The van der Waals surface area contributed by atoms with Gasteiger partial charge in [-0.2, -0.15) is 0 Å². The molecule has 1 aliphatic rings. The second-order valence-electron chi connectivity index (χ2n) is 6.95. The first-order valence-corrected chi connectivity index (χ1v) is 13.1. The second-order valence-corrected chi connectivity index (χ2v) is 11.7. The molecule has 1 aliphatic heterocycles. The number of anilines is 1. The van der Waals surface area contributed by atoms with Gasteiger partial charge in [0.25, 0.3) is 0 Å². The molecule has 158 valence electrons. The van der Waals surface area contributed by atoms with E-state index >= 15 is 0 Å². The summed E-state index contributed by atoms with van der Waals surface area (Å²) in [6.45, 7) is 1.16. The molecule has 2 aromatic carbocycles. The molecule has 1 aromatic heterocycles. The zero-order valence-electron chi connectivity index (χ0n) is 15.5. The van der Waals surface area contributed by atoms with Crippen molar-refractivity contribution in [1.29, 1.82) is 0 Å². The minimum Gasteiger partial charge on any atom is -0.348 e. The van der Waals surface area contributed by atoms with Crippen molar-refractivity contribution in [3.8, 4) is 11.3 Å². The van der Waals surface area contributed by atoms with Gasteiger partial charge in [-0.15, -0.1) is 11.3 Å². The van der Waals surface area contributed by atoms with Gasteiger partial charge in [0, 0.05) is 28.5 Å². The predicted octanol–water partition coefficient (Wildman–Crippen LogP) is 6.46. The molecule has 0 radical (unpaired) electrons. The number of nitrogens with zero attached hydrogens (tertiary/aromatic N) is 2. The highest BCUT2D eigenvalue weighted by molar-refractivity contribution is 9.10. The van der Waals surface area contributed by atoms with E-state index in [1.807, 2.05) is 5.38 Å². The summed E-state index contributed by atoms with van der Waals surface area (Å²) >= 11 is 16.8. The van der Waals surface area contributed by atoms with E-state index in [9.17, 15) is 12.8 Å². The van der Waals surface area contributed by atoms with E-state index in [1.54, 1.807) is 30.3 Å². The van der Waals surface area contributed by atoms with Gasteiger partial charge in [-0.25, -0.2) is 17.8 Å². The van der Waals surface area contributed by atoms with Crippen LogP contribution < -0.4 is 4.90 Å². The minimum atomic E-state index is -3.51. The molecule has 1 saturated heterocycles. The minimum absolute atomic E-state index is 0.0553. The quantitative estimate of drug-likeness (QED) is 0.374. The smallest absolute Gasteiger partial charge is 0.185 e. The molecule has 4 rings (SSSR count). The molecule has 0 bridgehead atoms. The lowest BCUT2D eigenvalue weighted by Gasteiger charge is -2.31. The average molecular weight is 550 g/mol. The highest BCUT2D eigenvalue weighted by Crippen LogP contribution is 2.34. The molecule has 0 amide bonds. The highest BCUT2D eigenvalue weighted by atomic mass is 79.9. The number of sulfone groups is 1. The molecule has 1 fully saturated rings. The molecule has 0 atom stereocenters. The van der Waals surface area contributed by atoms with Gasteiger partial charge in [-0.1, -0.05) is 39.1 Å². The fourth-order valence-electron chi connectivity index (χ4n) is 3.44. The Morgan fingerprint density at radius 2 is 1.83 bits per heavy atom. The van der Waals surface area contributed by atoms with E-state index in [4.69, 9.17) is 23.2 Å². The van der Waals surface area contributed by atoms with Crippen molar-refractivity contribution in [2.24, 2.45) is 0 Å². The topological polar surface area (TPSA) is 50.3 Å². The van der Waals surface area contributed by atoms with Crippen molar-refractivity contribution in [2.75, 3.05) is 18.0 Å². The summed E-state index contributed by atoms with van der Waals surface area (Å²) in [4.78, 5) is 6.89. The molecular weight excluding hydrogens is 534 g/mol. The van der Waals surface area contributed by atoms with Crippen LogP contribution in [0.2, 0.25) is 10.0 Å². The molecule has 0 saturated carbocycles. The van der Waals surface area contributed by atoms with E-state index in [0.717, 1.165) is 15.2 Å². The van der Waals surface area contributed by atoms with Crippen LogP contribution in [0.25, 0.3) is 11.3 Å². The monoisotopic (exact) mass is 548 g/mol. The lowest BCUT2D eigenvalue weighted by molar-refractivity contribution is 0.529. The maximum absolute atomic E-state index is 13.4. The summed E-state index contributed by atoms with van der Waals surface area (Å²) in [6, 6.07) is 9.35. The van der Waals surface area contributed by atoms with E-state index < -0.39 is 20.9 Å². The van der Waals surface area contributed by atoms with Crippen LogP contribution in [0.3, 0.4) is 0 Å². The number of hydrogen-bond donors (Lipinski definition) is 0. The first-order chi connectivity index (χ1) is 14.3. The summed E-state index contributed by atoms with van der Waals surface area (Å²) in [5.74, 6) is -0.468. The van der Waals surface area contributed by atoms with Crippen molar-refractivity contribution in [1.82, 2.24) is 4.98 Å². The predicted molar refractivity (Wildman–Crippen MR) is 124 cm³/mol. The number of rotatable bonds is 4. The van der Waals surface area contributed by atoms with E-state index in [2.05, 4.69) is 25.8 Å². The van der Waals surface area contributed by atoms with E-state index in [1.165, 1.54) is 17.4 Å². The Balaban J connectivity index is 1.47. The molecule has 4 nitrogen and oxygen atoms in total.